The van der Waals surface area contributed by atoms with E-state index >= 15 is 0 Å². The molecule has 51 valence electrons. The lowest BCUT2D eigenvalue weighted by atomic mass is 9.82. The fourth-order valence-electron chi connectivity index (χ4n) is 1.33. The van der Waals surface area contributed by atoms with Crippen LogP contribution >= 0.6 is 0 Å². The van der Waals surface area contributed by atoms with Crippen molar-refractivity contribution in [1.82, 2.24) is 0 Å². The van der Waals surface area contributed by atoms with Crippen LogP contribution in [0.1, 0.15) is 33.6 Å². The van der Waals surface area contributed by atoms with E-state index in [2.05, 4.69) is 26.8 Å². The van der Waals surface area contributed by atoms with E-state index in [1.54, 1.807) is 0 Å². The van der Waals surface area contributed by atoms with Crippen LogP contribution in [0.25, 0.3) is 0 Å². The van der Waals surface area contributed by atoms with Crippen LogP contribution in [-0.4, -0.2) is 0 Å². The first-order valence-electron chi connectivity index (χ1n) is 3.79. The quantitative estimate of drug-likeness (QED) is 0.464. The summed E-state index contributed by atoms with van der Waals surface area (Å²) in [6.07, 6.45) is 5.89. The van der Waals surface area contributed by atoms with Crippen LogP contribution in [0, 0.1) is 17.9 Å². The van der Waals surface area contributed by atoms with Crippen molar-refractivity contribution >= 4 is 0 Å². The lowest BCUT2D eigenvalue weighted by Gasteiger charge is -2.24. The average molecular weight is 123 g/mol. The Balaban J connectivity index is 2.62. The Labute approximate surface area is 58.0 Å². The minimum Gasteiger partial charge on any atom is -0.0668 e. The zero-order valence-electron chi connectivity index (χ0n) is 6.57. The number of hydrogen-bond donors (Lipinski definition) is 0. The van der Waals surface area contributed by atoms with Crippen LogP contribution < -0.4 is 0 Å². The van der Waals surface area contributed by atoms with Gasteiger partial charge in [-0.05, 0) is 37.7 Å². The van der Waals surface area contributed by atoms with Gasteiger partial charge in [-0.15, -0.1) is 0 Å². The fourth-order valence-corrected chi connectivity index (χ4v) is 1.33. The van der Waals surface area contributed by atoms with Gasteiger partial charge in [-0.2, -0.15) is 0 Å². The number of hydrogen-bond acceptors (Lipinski definition) is 0. The van der Waals surface area contributed by atoms with Gasteiger partial charge in [-0.25, -0.2) is 0 Å². The summed E-state index contributed by atoms with van der Waals surface area (Å²) in [5.41, 5.74) is 1.47. The number of rotatable bonds is 0. The molecule has 0 heterocycles. The van der Waals surface area contributed by atoms with E-state index in [1.165, 1.54) is 18.4 Å². The Morgan fingerprint density at radius 1 is 1.44 bits per heavy atom. The van der Waals surface area contributed by atoms with Crippen molar-refractivity contribution in [3.8, 4) is 0 Å². The molecule has 0 aromatic heterocycles. The monoisotopic (exact) mass is 123 g/mol. The highest BCUT2D eigenvalue weighted by Gasteiger charge is 2.16. The number of allylic oxidation sites excluding steroid dienone is 2. The molecule has 1 rings (SSSR count). The van der Waals surface area contributed by atoms with Gasteiger partial charge in [-0.1, -0.05) is 19.4 Å². The minimum atomic E-state index is 0.777. The van der Waals surface area contributed by atoms with Crippen LogP contribution in [0.5, 0.6) is 0 Å². The predicted molar refractivity (Wildman–Crippen MR) is 40.0 cm³/mol. The predicted octanol–water partition coefficient (Wildman–Crippen LogP) is 2.80. The van der Waals surface area contributed by atoms with Gasteiger partial charge in [0.1, 0.15) is 0 Å². The zero-order chi connectivity index (χ0) is 6.85. The highest BCUT2D eigenvalue weighted by molar-refractivity contribution is 5.02. The van der Waals surface area contributed by atoms with Crippen molar-refractivity contribution in [2.45, 2.75) is 33.6 Å². The lowest BCUT2D eigenvalue weighted by Crippen LogP contribution is -2.12. The molecule has 0 aliphatic heterocycles. The fraction of sp³-hybridized carbons (Fsp3) is 0.778. The Kier molecular flexibility index (Phi) is 1.94. The maximum absolute atomic E-state index is 3.38. The van der Waals surface area contributed by atoms with Gasteiger partial charge in [-0.3, -0.25) is 0 Å². The lowest BCUT2D eigenvalue weighted by molar-refractivity contribution is 0.388. The molecule has 2 unspecified atom stereocenters. The first-order valence-corrected chi connectivity index (χ1v) is 3.79. The SMILES string of the molecule is CC1=[C]CCC(C)C1C. The van der Waals surface area contributed by atoms with Gasteiger partial charge in [0, 0.05) is 0 Å². The van der Waals surface area contributed by atoms with E-state index in [0.29, 0.717) is 0 Å². The maximum atomic E-state index is 3.38. The summed E-state index contributed by atoms with van der Waals surface area (Å²) in [4.78, 5) is 0. The molecule has 1 radical (unpaired) electrons. The molecule has 9 heavy (non-hydrogen) atoms. The summed E-state index contributed by atoms with van der Waals surface area (Å²) in [6.45, 7) is 6.82. The van der Waals surface area contributed by atoms with E-state index in [4.69, 9.17) is 0 Å². The molecule has 0 N–H and O–H groups in total. The highest BCUT2D eigenvalue weighted by Crippen LogP contribution is 2.28. The third-order valence-electron chi connectivity index (χ3n) is 2.54. The molecule has 0 spiro atoms. The van der Waals surface area contributed by atoms with E-state index < -0.39 is 0 Å². The van der Waals surface area contributed by atoms with Crippen molar-refractivity contribution in [2.24, 2.45) is 11.8 Å². The van der Waals surface area contributed by atoms with Gasteiger partial charge in [0.05, 0.1) is 0 Å². The second-order valence-corrected chi connectivity index (χ2v) is 3.16. The topological polar surface area (TPSA) is 0 Å². The van der Waals surface area contributed by atoms with Crippen molar-refractivity contribution < 1.29 is 0 Å². The maximum Gasteiger partial charge on any atom is -0.0203 e. The second-order valence-electron chi connectivity index (χ2n) is 3.16. The normalized spacial score (nSPS) is 36.1. The summed E-state index contributed by atoms with van der Waals surface area (Å²) < 4.78 is 0. The summed E-state index contributed by atoms with van der Waals surface area (Å²) in [5, 5.41) is 0. The Bertz CT molecular complexity index is 122. The molecule has 0 fully saturated rings. The molecule has 2 atom stereocenters. The first kappa shape index (κ1) is 6.85. The molecular formula is C9H15. The van der Waals surface area contributed by atoms with Crippen LogP contribution in [0.2, 0.25) is 0 Å². The largest absolute Gasteiger partial charge is 0.0668 e. The average Bonchev–Trinajstić information content (AvgIpc) is 1.83. The first-order chi connectivity index (χ1) is 4.22. The van der Waals surface area contributed by atoms with Crippen molar-refractivity contribution in [2.75, 3.05) is 0 Å². The van der Waals surface area contributed by atoms with E-state index in [9.17, 15) is 0 Å². The van der Waals surface area contributed by atoms with E-state index in [0.717, 1.165) is 11.8 Å². The summed E-state index contributed by atoms with van der Waals surface area (Å²) in [6, 6.07) is 0. The highest BCUT2D eigenvalue weighted by atomic mass is 14.2. The molecule has 0 bridgehead atoms. The Hall–Kier alpha value is -0.260. The van der Waals surface area contributed by atoms with Gasteiger partial charge in [0.25, 0.3) is 0 Å². The second kappa shape index (κ2) is 2.55. The van der Waals surface area contributed by atoms with Crippen LogP contribution in [0.15, 0.2) is 5.57 Å². The van der Waals surface area contributed by atoms with Crippen molar-refractivity contribution in [3.63, 3.8) is 0 Å². The van der Waals surface area contributed by atoms with Crippen LogP contribution in [0.4, 0.5) is 0 Å². The molecule has 0 amide bonds. The van der Waals surface area contributed by atoms with Gasteiger partial charge < -0.3 is 0 Å². The third kappa shape index (κ3) is 1.35. The summed E-state index contributed by atoms with van der Waals surface area (Å²) in [5.74, 6) is 1.66. The molecule has 0 saturated carbocycles. The molecule has 0 aromatic carbocycles. The summed E-state index contributed by atoms with van der Waals surface area (Å²) >= 11 is 0. The molecule has 1 aliphatic rings. The standard InChI is InChI=1S/C9H15/c1-7-5-4-6-8(2)9(7)3/h7,9H,4-5H2,1-3H3. The molecular weight excluding hydrogens is 108 g/mol. The minimum absolute atomic E-state index is 0.777. The third-order valence-corrected chi connectivity index (χ3v) is 2.54. The Morgan fingerprint density at radius 2 is 2.11 bits per heavy atom. The van der Waals surface area contributed by atoms with Crippen LogP contribution in [-0.2, 0) is 0 Å². The molecule has 0 nitrogen and oxygen atoms in total. The zero-order valence-corrected chi connectivity index (χ0v) is 6.57. The van der Waals surface area contributed by atoms with Crippen LogP contribution in [0.3, 0.4) is 0 Å². The van der Waals surface area contributed by atoms with E-state index in [-0.39, 0.29) is 0 Å². The summed E-state index contributed by atoms with van der Waals surface area (Å²) in [7, 11) is 0. The van der Waals surface area contributed by atoms with Gasteiger partial charge >= 0.3 is 0 Å². The smallest absolute Gasteiger partial charge is 0.0203 e. The van der Waals surface area contributed by atoms with Crippen molar-refractivity contribution in [1.29, 1.82) is 0 Å². The molecule has 0 heteroatoms. The van der Waals surface area contributed by atoms with E-state index in [1.807, 2.05) is 0 Å². The van der Waals surface area contributed by atoms with Gasteiger partial charge in [0.2, 0.25) is 0 Å². The molecule has 0 saturated heterocycles. The van der Waals surface area contributed by atoms with Gasteiger partial charge in [0.15, 0.2) is 0 Å². The molecule has 1 aliphatic carbocycles. The molecule has 0 aromatic rings. The van der Waals surface area contributed by atoms with Crippen molar-refractivity contribution in [3.05, 3.63) is 11.6 Å². The Morgan fingerprint density at radius 3 is 2.56 bits per heavy atom.